The van der Waals surface area contributed by atoms with E-state index < -0.39 is 5.97 Å². The minimum Gasteiger partial charge on any atom is -0.481 e. The Morgan fingerprint density at radius 1 is 1.33 bits per heavy atom. The quantitative estimate of drug-likeness (QED) is 0.776. The fraction of sp³-hybridized carbons (Fsp3) is 0.923. The highest BCUT2D eigenvalue weighted by Gasteiger charge is 2.57. The summed E-state index contributed by atoms with van der Waals surface area (Å²) in [4.78, 5) is 11.4. The summed E-state index contributed by atoms with van der Waals surface area (Å²) in [5.41, 5.74) is -0.101. The average molecular weight is 210 g/mol. The second kappa shape index (κ2) is 3.23. The highest BCUT2D eigenvalue weighted by atomic mass is 16.4. The van der Waals surface area contributed by atoms with E-state index in [4.69, 9.17) is 0 Å². The first kappa shape index (κ1) is 11.0. The number of carboxylic acid groups (broad SMARTS) is 1. The van der Waals surface area contributed by atoms with E-state index in [2.05, 4.69) is 20.8 Å². The van der Waals surface area contributed by atoms with Gasteiger partial charge >= 0.3 is 5.97 Å². The van der Waals surface area contributed by atoms with Gasteiger partial charge < -0.3 is 5.11 Å². The minimum atomic E-state index is -0.543. The summed E-state index contributed by atoms with van der Waals surface area (Å²) in [6, 6.07) is 0. The summed E-state index contributed by atoms with van der Waals surface area (Å²) in [5, 5.41) is 9.40. The van der Waals surface area contributed by atoms with E-state index >= 15 is 0 Å². The van der Waals surface area contributed by atoms with Crippen molar-refractivity contribution in [2.24, 2.45) is 22.7 Å². The maximum atomic E-state index is 11.4. The molecule has 0 bridgehead atoms. The third-order valence-electron chi connectivity index (χ3n) is 4.18. The molecule has 0 aromatic rings. The van der Waals surface area contributed by atoms with Crippen molar-refractivity contribution in [1.29, 1.82) is 0 Å². The zero-order valence-electron chi connectivity index (χ0n) is 10.0. The second-order valence-corrected chi connectivity index (χ2v) is 6.81. The number of rotatable bonds is 3. The molecule has 0 aliphatic heterocycles. The first-order valence-corrected chi connectivity index (χ1v) is 6.06. The molecule has 1 N–H and O–H groups in total. The van der Waals surface area contributed by atoms with E-state index in [1.54, 1.807) is 0 Å². The third kappa shape index (κ3) is 2.19. The summed E-state index contributed by atoms with van der Waals surface area (Å²) in [5.74, 6) is 0.959. The van der Waals surface area contributed by atoms with Gasteiger partial charge in [-0.15, -0.1) is 0 Å². The largest absolute Gasteiger partial charge is 0.481 e. The molecule has 2 fully saturated rings. The van der Waals surface area contributed by atoms with Crippen molar-refractivity contribution in [2.75, 3.05) is 0 Å². The lowest BCUT2D eigenvalue weighted by atomic mass is 9.74. The Labute approximate surface area is 92.1 Å². The predicted octanol–water partition coefficient (Wildman–Crippen LogP) is 3.31. The van der Waals surface area contributed by atoms with Crippen LogP contribution < -0.4 is 0 Å². The minimum absolute atomic E-state index is 0.259. The van der Waals surface area contributed by atoms with E-state index in [0.717, 1.165) is 37.5 Å². The standard InChI is InChI=1S/C13H22O2/c1-12(2,3)4-5-13(11(14)15)7-9-6-10(9)8-13/h9-10H,4-8H2,1-3H3,(H,14,15). The van der Waals surface area contributed by atoms with Crippen LogP contribution in [-0.4, -0.2) is 11.1 Å². The van der Waals surface area contributed by atoms with Crippen molar-refractivity contribution in [1.82, 2.24) is 0 Å². The molecule has 2 heteroatoms. The Hall–Kier alpha value is -0.530. The molecule has 0 spiro atoms. The Balaban J connectivity index is 1.98. The monoisotopic (exact) mass is 210 g/mol. The molecular weight excluding hydrogens is 188 g/mol. The van der Waals surface area contributed by atoms with Gasteiger partial charge in [0.2, 0.25) is 0 Å². The number of hydrogen-bond acceptors (Lipinski definition) is 1. The van der Waals surface area contributed by atoms with Crippen LogP contribution in [0.1, 0.15) is 52.9 Å². The zero-order valence-corrected chi connectivity index (χ0v) is 10.0. The normalized spacial score (nSPS) is 38.9. The van der Waals surface area contributed by atoms with Crippen LogP contribution in [0.5, 0.6) is 0 Å². The van der Waals surface area contributed by atoms with Crippen molar-refractivity contribution in [2.45, 2.75) is 52.9 Å². The van der Waals surface area contributed by atoms with Gasteiger partial charge in [-0.25, -0.2) is 0 Å². The first-order valence-electron chi connectivity index (χ1n) is 6.06. The van der Waals surface area contributed by atoms with Crippen LogP contribution in [0.15, 0.2) is 0 Å². The molecule has 0 amide bonds. The van der Waals surface area contributed by atoms with Crippen molar-refractivity contribution in [3.63, 3.8) is 0 Å². The number of carboxylic acids is 1. The summed E-state index contributed by atoms with van der Waals surface area (Å²) in [7, 11) is 0. The topological polar surface area (TPSA) is 37.3 Å². The second-order valence-electron chi connectivity index (χ2n) is 6.81. The summed E-state index contributed by atoms with van der Waals surface area (Å²) in [6.45, 7) is 6.58. The molecule has 86 valence electrons. The van der Waals surface area contributed by atoms with E-state index in [1.807, 2.05) is 0 Å². The average Bonchev–Trinajstić information content (AvgIpc) is 2.70. The van der Waals surface area contributed by atoms with E-state index in [1.165, 1.54) is 6.42 Å². The molecule has 0 heterocycles. The SMILES string of the molecule is CC(C)(C)CCC1(C(=O)O)CC2CC2C1. The molecule has 0 aromatic heterocycles. The molecule has 2 nitrogen and oxygen atoms in total. The fourth-order valence-corrected chi connectivity index (χ4v) is 3.00. The summed E-state index contributed by atoms with van der Waals surface area (Å²) >= 11 is 0. The summed E-state index contributed by atoms with van der Waals surface area (Å²) < 4.78 is 0. The van der Waals surface area contributed by atoms with Gasteiger partial charge in [-0.05, 0) is 49.4 Å². The summed E-state index contributed by atoms with van der Waals surface area (Å²) in [6.07, 6.45) is 5.09. The molecule has 2 saturated carbocycles. The molecule has 0 aromatic carbocycles. The Bertz CT molecular complexity index is 265. The van der Waals surface area contributed by atoms with Crippen LogP contribution in [0.25, 0.3) is 0 Å². The van der Waals surface area contributed by atoms with Crippen molar-refractivity contribution >= 4 is 5.97 Å². The van der Waals surface area contributed by atoms with Crippen LogP contribution in [0.3, 0.4) is 0 Å². The van der Waals surface area contributed by atoms with E-state index in [-0.39, 0.29) is 10.8 Å². The lowest BCUT2D eigenvalue weighted by Crippen LogP contribution is -2.30. The van der Waals surface area contributed by atoms with Crippen LogP contribution in [0.2, 0.25) is 0 Å². The molecule has 0 radical (unpaired) electrons. The van der Waals surface area contributed by atoms with Gasteiger partial charge in [0, 0.05) is 0 Å². The molecule has 2 unspecified atom stereocenters. The van der Waals surface area contributed by atoms with Crippen LogP contribution in [0.4, 0.5) is 0 Å². The Morgan fingerprint density at radius 3 is 2.27 bits per heavy atom. The molecule has 2 aliphatic rings. The first-order chi connectivity index (χ1) is 6.82. The molecule has 2 aliphatic carbocycles. The van der Waals surface area contributed by atoms with Crippen molar-refractivity contribution in [3.8, 4) is 0 Å². The predicted molar refractivity (Wildman–Crippen MR) is 59.6 cm³/mol. The van der Waals surface area contributed by atoms with Gasteiger partial charge in [0.25, 0.3) is 0 Å². The number of aliphatic carboxylic acids is 1. The van der Waals surface area contributed by atoms with Gasteiger partial charge in [-0.1, -0.05) is 20.8 Å². The number of carbonyl (C=O) groups is 1. The van der Waals surface area contributed by atoms with Crippen LogP contribution >= 0.6 is 0 Å². The fourth-order valence-electron chi connectivity index (χ4n) is 3.00. The lowest BCUT2D eigenvalue weighted by molar-refractivity contribution is -0.150. The van der Waals surface area contributed by atoms with Gasteiger partial charge in [0.05, 0.1) is 5.41 Å². The van der Waals surface area contributed by atoms with Gasteiger partial charge in [0.15, 0.2) is 0 Å². The highest BCUT2D eigenvalue weighted by Crippen LogP contribution is 2.61. The maximum Gasteiger partial charge on any atom is 0.309 e. The van der Waals surface area contributed by atoms with Crippen molar-refractivity contribution in [3.05, 3.63) is 0 Å². The Morgan fingerprint density at radius 2 is 1.87 bits per heavy atom. The Kier molecular flexibility index (Phi) is 2.36. The maximum absolute atomic E-state index is 11.4. The van der Waals surface area contributed by atoms with E-state index in [9.17, 15) is 9.90 Å². The van der Waals surface area contributed by atoms with Crippen LogP contribution in [-0.2, 0) is 4.79 Å². The highest BCUT2D eigenvalue weighted by molar-refractivity contribution is 5.75. The third-order valence-corrected chi connectivity index (χ3v) is 4.18. The van der Waals surface area contributed by atoms with Crippen molar-refractivity contribution < 1.29 is 9.90 Å². The molecular formula is C13H22O2. The van der Waals surface area contributed by atoms with E-state index in [0.29, 0.717) is 0 Å². The molecule has 2 atom stereocenters. The molecule has 15 heavy (non-hydrogen) atoms. The zero-order chi connectivity index (χ0) is 11.3. The van der Waals surface area contributed by atoms with Crippen LogP contribution in [0, 0.1) is 22.7 Å². The van der Waals surface area contributed by atoms with Gasteiger partial charge in [-0.2, -0.15) is 0 Å². The number of hydrogen-bond donors (Lipinski definition) is 1. The van der Waals surface area contributed by atoms with Gasteiger partial charge in [0.1, 0.15) is 0 Å². The number of fused-ring (bicyclic) bond motifs is 1. The lowest BCUT2D eigenvalue weighted by Gasteiger charge is -2.29. The van der Waals surface area contributed by atoms with Gasteiger partial charge in [-0.3, -0.25) is 4.79 Å². The molecule has 0 saturated heterocycles. The molecule has 2 rings (SSSR count). The smallest absolute Gasteiger partial charge is 0.309 e.